The molecule has 0 saturated heterocycles. The van der Waals surface area contributed by atoms with E-state index in [-0.39, 0.29) is 5.56 Å². The van der Waals surface area contributed by atoms with E-state index in [1.54, 1.807) is 12.1 Å². The maximum Gasteiger partial charge on any atom is 0.133 e. The van der Waals surface area contributed by atoms with Crippen LogP contribution in [0.1, 0.15) is 28.4 Å². The molecular formula is C16H16BrFO2. The van der Waals surface area contributed by atoms with E-state index >= 15 is 0 Å². The highest BCUT2D eigenvalue weighted by Gasteiger charge is 2.18. The van der Waals surface area contributed by atoms with Gasteiger partial charge in [0.1, 0.15) is 17.7 Å². The Hall–Kier alpha value is -1.39. The third-order valence-electron chi connectivity index (χ3n) is 3.34. The number of rotatable bonds is 3. The lowest BCUT2D eigenvalue weighted by Crippen LogP contribution is -2.05. The molecule has 2 rings (SSSR count). The zero-order valence-corrected chi connectivity index (χ0v) is 13.2. The van der Waals surface area contributed by atoms with Crippen molar-refractivity contribution in [2.45, 2.75) is 20.0 Å². The number of halogens is 2. The molecule has 20 heavy (non-hydrogen) atoms. The average molecular weight is 339 g/mol. The number of hydrogen-bond donors (Lipinski definition) is 1. The van der Waals surface area contributed by atoms with E-state index in [1.165, 1.54) is 13.2 Å². The molecular weight excluding hydrogens is 323 g/mol. The Morgan fingerprint density at radius 1 is 1.10 bits per heavy atom. The Balaban J connectivity index is 2.46. The molecule has 0 aliphatic rings. The second kappa shape index (κ2) is 5.94. The molecule has 106 valence electrons. The summed E-state index contributed by atoms with van der Waals surface area (Å²) in [6.07, 6.45) is -0.993. The second-order valence-corrected chi connectivity index (χ2v) is 5.60. The zero-order chi connectivity index (χ0) is 14.9. The first-order valence-corrected chi connectivity index (χ1v) is 7.01. The first kappa shape index (κ1) is 15.0. The molecule has 0 aliphatic carbocycles. The van der Waals surface area contributed by atoms with Gasteiger partial charge in [-0.3, -0.25) is 0 Å². The van der Waals surface area contributed by atoms with Gasteiger partial charge >= 0.3 is 0 Å². The van der Waals surface area contributed by atoms with Crippen molar-refractivity contribution in [2.24, 2.45) is 0 Å². The summed E-state index contributed by atoms with van der Waals surface area (Å²) in [7, 11) is 1.48. The number of hydrogen-bond acceptors (Lipinski definition) is 2. The van der Waals surface area contributed by atoms with Crippen LogP contribution >= 0.6 is 15.9 Å². The SMILES string of the molecule is COc1ccc(C(O)c2cc(C)c(Br)cc2C)c(F)c1. The predicted octanol–water partition coefficient (Wildman–Crippen LogP) is 4.30. The Morgan fingerprint density at radius 3 is 2.40 bits per heavy atom. The van der Waals surface area contributed by atoms with Gasteiger partial charge in [0.2, 0.25) is 0 Å². The van der Waals surface area contributed by atoms with Gasteiger partial charge in [-0.2, -0.15) is 0 Å². The van der Waals surface area contributed by atoms with Gasteiger partial charge in [-0.25, -0.2) is 4.39 Å². The summed E-state index contributed by atoms with van der Waals surface area (Å²) in [5, 5.41) is 10.4. The van der Waals surface area contributed by atoms with Gasteiger partial charge in [-0.05, 0) is 48.7 Å². The monoisotopic (exact) mass is 338 g/mol. The van der Waals surface area contributed by atoms with E-state index in [1.807, 2.05) is 26.0 Å². The quantitative estimate of drug-likeness (QED) is 0.904. The summed E-state index contributed by atoms with van der Waals surface area (Å²) in [6, 6.07) is 8.26. The summed E-state index contributed by atoms with van der Waals surface area (Å²) in [5.74, 6) is -0.0426. The standard InChI is InChI=1S/C16H16BrFO2/c1-9-7-14(17)10(2)6-13(9)16(19)12-5-4-11(20-3)8-15(12)18/h4-8,16,19H,1-3H3. The van der Waals surface area contributed by atoms with Gasteiger partial charge in [0, 0.05) is 16.1 Å². The molecule has 0 aliphatic heterocycles. The minimum atomic E-state index is -0.993. The molecule has 0 aromatic heterocycles. The van der Waals surface area contributed by atoms with E-state index < -0.39 is 11.9 Å². The molecule has 0 saturated carbocycles. The summed E-state index contributed by atoms with van der Waals surface area (Å²) in [6.45, 7) is 3.83. The summed E-state index contributed by atoms with van der Waals surface area (Å²) < 4.78 is 20.0. The van der Waals surface area contributed by atoms with Crippen molar-refractivity contribution < 1.29 is 14.2 Å². The zero-order valence-electron chi connectivity index (χ0n) is 11.6. The third-order valence-corrected chi connectivity index (χ3v) is 4.20. The molecule has 0 fully saturated rings. The van der Waals surface area contributed by atoms with Crippen molar-refractivity contribution in [3.8, 4) is 5.75 Å². The van der Waals surface area contributed by atoms with Crippen molar-refractivity contribution >= 4 is 15.9 Å². The van der Waals surface area contributed by atoms with Crippen molar-refractivity contribution in [1.29, 1.82) is 0 Å². The summed E-state index contributed by atoms with van der Waals surface area (Å²) in [4.78, 5) is 0. The van der Waals surface area contributed by atoms with E-state index in [0.717, 1.165) is 15.6 Å². The lowest BCUT2D eigenvalue weighted by molar-refractivity contribution is 0.214. The fourth-order valence-electron chi connectivity index (χ4n) is 2.12. The molecule has 0 radical (unpaired) electrons. The van der Waals surface area contributed by atoms with Crippen LogP contribution in [0.4, 0.5) is 4.39 Å². The van der Waals surface area contributed by atoms with E-state index in [2.05, 4.69) is 15.9 Å². The lowest BCUT2D eigenvalue weighted by atomic mass is 9.95. The van der Waals surface area contributed by atoms with Crippen LogP contribution in [-0.2, 0) is 0 Å². The second-order valence-electron chi connectivity index (χ2n) is 4.75. The van der Waals surface area contributed by atoms with Gasteiger partial charge in [0.25, 0.3) is 0 Å². The smallest absolute Gasteiger partial charge is 0.133 e. The lowest BCUT2D eigenvalue weighted by Gasteiger charge is -2.17. The summed E-state index contributed by atoms with van der Waals surface area (Å²) >= 11 is 3.45. The van der Waals surface area contributed by atoms with Gasteiger partial charge < -0.3 is 9.84 Å². The van der Waals surface area contributed by atoms with Crippen molar-refractivity contribution in [3.63, 3.8) is 0 Å². The highest BCUT2D eigenvalue weighted by molar-refractivity contribution is 9.10. The molecule has 0 heterocycles. The van der Waals surface area contributed by atoms with Gasteiger partial charge in [-0.15, -0.1) is 0 Å². The largest absolute Gasteiger partial charge is 0.497 e. The molecule has 0 amide bonds. The van der Waals surface area contributed by atoms with Crippen LogP contribution < -0.4 is 4.74 Å². The molecule has 1 N–H and O–H groups in total. The summed E-state index contributed by atoms with van der Waals surface area (Å²) in [5.41, 5.74) is 2.86. The first-order valence-electron chi connectivity index (χ1n) is 6.22. The van der Waals surface area contributed by atoms with Gasteiger partial charge in [-0.1, -0.05) is 22.0 Å². The number of benzene rings is 2. The minimum absolute atomic E-state index is 0.246. The number of ether oxygens (including phenoxy) is 1. The number of aliphatic hydroxyl groups excluding tert-OH is 1. The van der Waals surface area contributed by atoms with E-state index in [0.29, 0.717) is 11.3 Å². The van der Waals surface area contributed by atoms with Crippen LogP contribution in [0.2, 0.25) is 0 Å². The fraction of sp³-hybridized carbons (Fsp3) is 0.250. The minimum Gasteiger partial charge on any atom is -0.497 e. The molecule has 1 unspecified atom stereocenters. The topological polar surface area (TPSA) is 29.5 Å². The van der Waals surface area contributed by atoms with Crippen LogP contribution in [0.15, 0.2) is 34.8 Å². The molecule has 0 spiro atoms. The number of methoxy groups -OCH3 is 1. The van der Waals surface area contributed by atoms with Gasteiger partial charge in [0.15, 0.2) is 0 Å². The Morgan fingerprint density at radius 2 is 1.80 bits per heavy atom. The van der Waals surface area contributed by atoms with Crippen LogP contribution in [0.25, 0.3) is 0 Å². The Bertz CT molecular complexity index is 641. The first-order chi connectivity index (χ1) is 9.43. The van der Waals surface area contributed by atoms with Crippen LogP contribution in [-0.4, -0.2) is 12.2 Å². The maximum atomic E-state index is 14.0. The molecule has 2 nitrogen and oxygen atoms in total. The van der Waals surface area contributed by atoms with Crippen molar-refractivity contribution in [1.82, 2.24) is 0 Å². The van der Waals surface area contributed by atoms with Crippen molar-refractivity contribution in [3.05, 3.63) is 62.9 Å². The van der Waals surface area contributed by atoms with Crippen LogP contribution in [0, 0.1) is 19.7 Å². The van der Waals surface area contributed by atoms with Crippen LogP contribution in [0.5, 0.6) is 5.75 Å². The fourth-order valence-corrected chi connectivity index (χ4v) is 2.58. The Kier molecular flexibility index (Phi) is 4.45. The van der Waals surface area contributed by atoms with E-state index in [9.17, 15) is 9.50 Å². The predicted molar refractivity (Wildman–Crippen MR) is 80.6 cm³/mol. The molecule has 1 atom stereocenters. The maximum absolute atomic E-state index is 14.0. The highest BCUT2D eigenvalue weighted by Crippen LogP contribution is 2.31. The van der Waals surface area contributed by atoms with Crippen LogP contribution in [0.3, 0.4) is 0 Å². The molecule has 0 bridgehead atoms. The van der Waals surface area contributed by atoms with E-state index in [4.69, 9.17) is 4.74 Å². The molecule has 4 heteroatoms. The average Bonchev–Trinajstić information content (AvgIpc) is 2.42. The molecule has 2 aromatic carbocycles. The normalized spacial score (nSPS) is 12.3. The molecule has 2 aromatic rings. The third kappa shape index (κ3) is 2.86. The number of aryl methyl sites for hydroxylation is 2. The number of aliphatic hydroxyl groups is 1. The Labute approximate surface area is 126 Å². The highest BCUT2D eigenvalue weighted by atomic mass is 79.9. The van der Waals surface area contributed by atoms with Crippen molar-refractivity contribution in [2.75, 3.05) is 7.11 Å². The van der Waals surface area contributed by atoms with Gasteiger partial charge in [0.05, 0.1) is 7.11 Å².